The normalized spacial score (nSPS) is 18.1. The van der Waals surface area contributed by atoms with Gasteiger partial charge in [0.15, 0.2) is 0 Å². The van der Waals surface area contributed by atoms with Gasteiger partial charge in [0.1, 0.15) is 5.82 Å². The van der Waals surface area contributed by atoms with Crippen molar-refractivity contribution >= 4 is 11.6 Å². The van der Waals surface area contributed by atoms with Crippen molar-refractivity contribution in [3.05, 3.63) is 29.6 Å². The maximum absolute atomic E-state index is 14.1. The molecular formula is C15H21FN2O2. The molecule has 1 heterocycles. The largest absolute Gasteiger partial charge is 0.389 e. The zero-order valence-corrected chi connectivity index (χ0v) is 11.7. The Bertz CT molecular complexity index is 483. The van der Waals surface area contributed by atoms with Crippen LogP contribution >= 0.6 is 0 Å². The standard InChI is InChI=1S/C15H21FN2O2/c1-10(19)12-2-3-14(13(16)9-12)18-6-4-11(5-7-18)8-15(17)20/h2-3,9-11,19H,4-8H2,1H3,(H2,17,20)/t10-/m0/s1. The van der Waals surface area contributed by atoms with E-state index in [4.69, 9.17) is 5.73 Å². The lowest BCUT2D eigenvalue weighted by molar-refractivity contribution is -0.119. The molecule has 20 heavy (non-hydrogen) atoms. The van der Waals surface area contributed by atoms with Crippen molar-refractivity contribution in [2.45, 2.75) is 32.3 Å². The number of nitrogens with zero attached hydrogens (tertiary/aromatic N) is 1. The number of aliphatic hydroxyl groups excluding tert-OH is 1. The van der Waals surface area contributed by atoms with Gasteiger partial charge in [-0.3, -0.25) is 4.79 Å². The van der Waals surface area contributed by atoms with Crippen LogP contribution in [0.15, 0.2) is 18.2 Å². The van der Waals surface area contributed by atoms with E-state index < -0.39 is 6.10 Å². The molecule has 1 amide bonds. The van der Waals surface area contributed by atoms with Crippen molar-refractivity contribution in [3.8, 4) is 0 Å². The highest BCUT2D eigenvalue weighted by atomic mass is 19.1. The Hall–Kier alpha value is -1.62. The van der Waals surface area contributed by atoms with Gasteiger partial charge in [0, 0.05) is 19.5 Å². The molecule has 0 aliphatic carbocycles. The Kier molecular flexibility index (Phi) is 4.60. The van der Waals surface area contributed by atoms with E-state index in [1.807, 2.05) is 4.90 Å². The molecule has 1 aromatic rings. The fourth-order valence-corrected chi connectivity index (χ4v) is 2.70. The number of nitrogens with two attached hydrogens (primary N) is 1. The number of carbonyl (C=O) groups is 1. The second-order valence-electron chi connectivity index (χ2n) is 5.49. The lowest BCUT2D eigenvalue weighted by Gasteiger charge is -2.33. The van der Waals surface area contributed by atoms with Crippen LogP contribution < -0.4 is 10.6 Å². The zero-order chi connectivity index (χ0) is 14.7. The first kappa shape index (κ1) is 14.8. The molecule has 5 heteroatoms. The van der Waals surface area contributed by atoms with Crippen LogP contribution in [-0.4, -0.2) is 24.1 Å². The summed E-state index contributed by atoms with van der Waals surface area (Å²) < 4.78 is 14.1. The summed E-state index contributed by atoms with van der Waals surface area (Å²) in [6, 6.07) is 4.85. The van der Waals surface area contributed by atoms with Crippen LogP contribution in [0.25, 0.3) is 0 Å². The molecule has 2 rings (SSSR count). The van der Waals surface area contributed by atoms with Crippen LogP contribution in [0, 0.1) is 11.7 Å². The molecule has 110 valence electrons. The third kappa shape index (κ3) is 3.48. The monoisotopic (exact) mass is 280 g/mol. The van der Waals surface area contributed by atoms with Crippen LogP contribution in [0.4, 0.5) is 10.1 Å². The molecule has 1 aliphatic rings. The molecule has 0 spiro atoms. The van der Waals surface area contributed by atoms with E-state index in [1.54, 1.807) is 19.1 Å². The number of anilines is 1. The molecular weight excluding hydrogens is 259 g/mol. The maximum atomic E-state index is 14.1. The molecule has 0 saturated carbocycles. The van der Waals surface area contributed by atoms with Crippen molar-refractivity contribution in [2.75, 3.05) is 18.0 Å². The summed E-state index contributed by atoms with van der Waals surface area (Å²) in [5.74, 6) is -0.267. The number of aliphatic hydroxyl groups is 1. The van der Waals surface area contributed by atoms with Crippen molar-refractivity contribution in [3.63, 3.8) is 0 Å². The zero-order valence-electron chi connectivity index (χ0n) is 11.7. The molecule has 0 unspecified atom stereocenters. The molecule has 3 N–H and O–H groups in total. The van der Waals surface area contributed by atoms with Gasteiger partial charge < -0.3 is 15.7 Å². The molecule has 1 aliphatic heterocycles. The number of amides is 1. The SMILES string of the molecule is C[C@H](O)c1ccc(N2CCC(CC(N)=O)CC2)c(F)c1. The second-order valence-corrected chi connectivity index (χ2v) is 5.49. The summed E-state index contributed by atoms with van der Waals surface area (Å²) in [5.41, 5.74) is 6.34. The smallest absolute Gasteiger partial charge is 0.217 e. The van der Waals surface area contributed by atoms with Gasteiger partial charge in [-0.15, -0.1) is 0 Å². The molecule has 1 saturated heterocycles. The van der Waals surface area contributed by atoms with E-state index in [9.17, 15) is 14.3 Å². The van der Waals surface area contributed by atoms with E-state index in [2.05, 4.69) is 0 Å². The fourth-order valence-electron chi connectivity index (χ4n) is 2.70. The maximum Gasteiger partial charge on any atom is 0.217 e. The molecule has 4 nitrogen and oxygen atoms in total. The average molecular weight is 280 g/mol. The van der Waals surface area contributed by atoms with Crippen molar-refractivity contribution in [2.24, 2.45) is 11.7 Å². The fraction of sp³-hybridized carbons (Fsp3) is 0.533. The number of hydrogen-bond donors (Lipinski definition) is 2. The van der Waals surface area contributed by atoms with Crippen LogP contribution in [0.5, 0.6) is 0 Å². The lowest BCUT2D eigenvalue weighted by atomic mass is 9.93. The summed E-state index contributed by atoms with van der Waals surface area (Å²) in [6.07, 6.45) is 1.44. The predicted octanol–water partition coefficient (Wildman–Crippen LogP) is 1.97. The summed E-state index contributed by atoms with van der Waals surface area (Å²) in [5, 5.41) is 9.44. The van der Waals surface area contributed by atoms with Crippen molar-refractivity contribution < 1.29 is 14.3 Å². The average Bonchev–Trinajstić information content (AvgIpc) is 2.39. The van der Waals surface area contributed by atoms with Crippen LogP contribution in [0.2, 0.25) is 0 Å². The second kappa shape index (κ2) is 6.22. The number of rotatable bonds is 4. The van der Waals surface area contributed by atoms with Gasteiger partial charge >= 0.3 is 0 Å². The summed E-state index contributed by atoms with van der Waals surface area (Å²) >= 11 is 0. The lowest BCUT2D eigenvalue weighted by Crippen LogP contribution is -2.35. The topological polar surface area (TPSA) is 66.6 Å². The van der Waals surface area contributed by atoms with Crippen LogP contribution in [-0.2, 0) is 4.79 Å². The first-order valence-corrected chi connectivity index (χ1v) is 6.98. The van der Waals surface area contributed by atoms with Gasteiger partial charge in [0.25, 0.3) is 0 Å². The quantitative estimate of drug-likeness (QED) is 0.886. The Labute approximate surface area is 118 Å². The predicted molar refractivity (Wildman–Crippen MR) is 75.8 cm³/mol. The van der Waals surface area contributed by atoms with E-state index in [1.165, 1.54) is 6.07 Å². The number of piperidine rings is 1. The number of benzene rings is 1. The van der Waals surface area contributed by atoms with Gasteiger partial charge in [-0.1, -0.05) is 6.07 Å². The van der Waals surface area contributed by atoms with E-state index in [0.29, 0.717) is 23.6 Å². The Morgan fingerprint density at radius 3 is 2.65 bits per heavy atom. The highest BCUT2D eigenvalue weighted by Gasteiger charge is 2.22. The number of hydrogen-bond acceptors (Lipinski definition) is 3. The minimum atomic E-state index is -0.667. The number of carbonyl (C=O) groups excluding carboxylic acids is 1. The van der Waals surface area contributed by atoms with E-state index in [0.717, 1.165) is 25.9 Å². The number of halogens is 1. The highest BCUT2D eigenvalue weighted by molar-refractivity contribution is 5.74. The minimum absolute atomic E-state index is 0.268. The minimum Gasteiger partial charge on any atom is -0.389 e. The van der Waals surface area contributed by atoms with Crippen molar-refractivity contribution in [1.82, 2.24) is 0 Å². The first-order valence-electron chi connectivity index (χ1n) is 6.98. The van der Waals surface area contributed by atoms with E-state index in [-0.39, 0.29) is 11.7 Å². The molecule has 1 fully saturated rings. The highest BCUT2D eigenvalue weighted by Crippen LogP contribution is 2.28. The van der Waals surface area contributed by atoms with E-state index >= 15 is 0 Å². The van der Waals surface area contributed by atoms with Gasteiger partial charge in [-0.2, -0.15) is 0 Å². The molecule has 0 radical (unpaired) electrons. The summed E-state index contributed by atoms with van der Waals surface area (Å²) in [4.78, 5) is 12.9. The third-order valence-corrected chi connectivity index (χ3v) is 3.90. The third-order valence-electron chi connectivity index (χ3n) is 3.90. The Morgan fingerprint density at radius 1 is 1.50 bits per heavy atom. The Balaban J connectivity index is 2.02. The van der Waals surface area contributed by atoms with Gasteiger partial charge in [0.2, 0.25) is 5.91 Å². The number of primary amides is 1. The van der Waals surface area contributed by atoms with Gasteiger partial charge in [-0.05, 0) is 43.4 Å². The molecule has 1 atom stereocenters. The molecule has 0 aromatic heterocycles. The van der Waals surface area contributed by atoms with Gasteiger partial charge in [-0.25, -0.2) is 4.39 Å². The molecule has 0 bridgehead atoms. The Morgan fingerprint density at radius 2 is 2.15 bits per heavy atom. The van der Waals surface area contributed by atoms with Gasteiger partial charge in [0.05, 0.1) is 11.8 Å². The van der Waals surface area contributed by atoms with Crippen LogP contribution in [0.3, 0.4) is 0 Å². The van der Waals surface area contributed by atoms with Crippen LogP contribution in [0.1, 0.15) is 37.9 Å². The summed E-state index contributed by atoms with van der Waals surface area (Å²) in [6.45, 7) is 3.07. The molecule has 1 aromatic carbocycles. The van der Waals surface area contributed by atoms with Crippen molar-refractivity contribution in [1.29, 1.82) is 0 Å². The summed E-state index contributed by atoms with van der Waals surface area (Å²) in [7, 11) is 0. The first-order chi connectivity index (χ1) is 9.47.